The van der Waals surface area contributed by atoms with Crippen LogP contribution in [-0.2, 0) is 4.74 Å². The van der Waals surface area contributed by atoms with E-state index in [2.05, 4.69) is 26.1 Å². The quantitative estimate of drug-likeness (QED) is 0.282. The molecule has 1 amide bonds. The van der Waals surface area contributed by atoms with Crippen LogP contribution in [0.3, 0.4) is 0 Å². The van der Waals surface area contributed by atoms with Crippen LogP contribution in [0.5, 0.6) is 0 Å². The Bertz CT molecular complexity index is 952. The summed E-state index contributed by atoms with van der Waals surface area (Å²) in [6, 6.07) is 7.48. The number of anilines is 4. The monoisotopic (exact) mass is 414 g/mol. The van der Waals surface area contributed by atoms with Gasteiger partial charge >= 0.3 is 0 Å². The molecule has 1 saturated heterocycles. The lowest BCUT2D eigenvalue weighted by atomic mass is 10.0. The zero-order valence-corrected chi connectivity index (χ0v) is 16.1. The highest BCUT2D eigenvalue weighted by atomic mass is 19.1. The van der Waals surface area contributed by atoms with Crippen LogP contribution < -0.4 is 27.5 Å². The molecule has 2 atom stereocenters. The van der Waals surface area contributed by atoms with Gasteiger partial charge in [-0.3, -0.25) is 10.2 Å². The van der Waals surface area contributed by atoms with Crippen molar-refractivity contribution in [2.24, 2.45) is 16.6 Å². The molecule has 8 N–H and O–H groups in total. The molecule has 1 aromatic heterocycles. The topological polar surface area (TPSA) is 164 Å². The molecule has 1 fully saturated rings. The maximum Gasteiger partial charge on any atom is 0.252 e. The summed E-state index contributed by atoms with van der Waals surface area (Å²) < 4.78 is 19.9. The maximum atomic E-state index is 14.6. The van der Waals surface area contributed by atoms with Gasteiger partial charge in [0, 0.05) is 30.6 Å². The third kappa shape index (κ3) is 5.27. The van der Waals surface area contributed by atoms with Crippen molar-refractivity contribution in [2.75, 3.05) is 29.3 Å². The number of primary amides is 1. The fourth-order valence-corrected chi connectivity index (χ4v) is 2.94. The Kier molecular flexibility index (Phi) is 6.88. The Morgan fingerprint density at radius 2 is 2.13 bits per heavy atom. The minimum Gasteiger partial charge on any atom is -0.380 e. The average molecular weight is 414 g/mol. The van der Waals surface area contributed by atoms with E-state index in [0.29, 0.717) is 31.0 Å². The molecule has 2 unspecified atom stereocenters. The molecule has 2 heterocycles. The van der Waals surface area contributed by atoms with Gasteiger partial charge in [-0.15, -0.1) is 0 Å². The van der Waals surface area contributed by atoms with Gasteiger partial charge in [-0.2, -0.15) is 5.10 Å². The van der Waals surface area contributed by atoms with Crippen molar-refractivity contribution in [1.29, 1.82) is 5.41 Å². The Balaban J connectivity index is 1.87. The number of amides is 1. The molecule has 11 heteroatoms. The van der Waals surface area contributed by atoms with E-state index in [1.807, 2.05) is 0 Å². The number of rotatable bonds is 8. The Labute approximate surface area is 172 Å². The number of carbonyl (C=O) groups is 1. The lowest BCUT2D eigenvalue weighted by molar-refractivity contribution is 0.0751. The molecule has 10 nitrogen and oxygen atoms in total. The minimum absolute atomic E-state index is 0.0327. The highest BCUT2D eigenvalue weighted by Gasteiger charge is 2.25. The number of benzene rings is 1. The van der Waals surface area contributed by atoms with Crippen LogP contribution in [0.4, 0.5) is 27.4 Å². The van der Waals surface area contributed by atoms with E-state index in [1.165, 1.54) is 6.21 Å². The van der Waals surface area contributed by atoms with Gasteiger partial charge in [0.1, 0.15) is 5.82 Å². The van der Waals surface area contributed by atoms with Gasteiger partial charge < -0.3 is 32.2 Å². The normalized spacial score (nSPS) is 18.7. The number of hydrogen-bond donors (Lipinski definition) is 6. The second kappa shape index (κ2) is 9.76. The highest BCUT2D eigenvalue weighted by Crippen LogP contribution is 2.26. The van der Waals surface area contributed by atoms with E-state index in [4.69, 9.17) is 21.6 Å². The van der Waals surface area contributed by atoms with Crippen LogP contribution in [0.15, 0.2) is 35.4 Å². The zero-order valence-electron chi connectivity index (χ0n) is 16.1. The van der Waals surface area contributed by atoms with Crippen LogP contribution in [0, 0.1) is 11.2 Å². The van der Waals surface area contributed by atoms with Crippen molar-refractivity contribution < 1.29 is 13.9 Å². The van der Waals surface area contributed by atoms with Crippen molar-refractivity contribution in [3.63, 3.8) is 0 Å². The van der Waals surface area contributed by atoms with Crippen molar-refractivity contribution >= 4 is 41.3 Å². The van der Waals surface area contributed by atoms with Crippen molar-refractivity contribution in [1.82, 2.24) is 4.98 Å². The third-order valence-electron chi connectivity index (χ3n) is 4.43. The van der Waals surface area contributed by atoms with Gasteiger partial charge in [0.15, 0.2) is 11.6 Å². The first-order valence-electron chi connectivity index (χ1n) is 9.23. The van der Waals surface area contributed by atoms with Crippen molar-refractivity contribution in [3.8, 4) is 0 Å². The fourth-order valence-electron chi connectivity index (χ4n) is 2.94. The molecule has 0 radical (unpaired) electrons. The molecule has 30 heavy (non-hydrogen) atoms. The summed E-state index contributed by atoms with van der Waals surface area (Å²) in [4.78, 5) is 16.1. The smallest absolute Gasteiger partial charge is 0.252 e. The molecular weight excluding hydrogens is 391 g/mol. The number of nitrogens with two attached hydrogens (primary N) is 2. The SMILES string of the molecule is N=C/C=N\Nc1cccc(Nc2nc(NC3CCOCC3N)c(F)cc2C(N)=O)c1. The fraction of sp³-hybridized carbons (Fsp3) is 0.263. The van der Waals surface area contributed by atoms with Gasteiger partial charge in [-0.1, -0.05) is 6.07 Å². The second-order valence-corrected chi connectivity index (χ2v) is 6.62. The van der Waals surface area contributed by atoms with Crippen LogP contribution >= 0.6 is 0 Å². The molecule has 2 aromatic rings. The number of nitrogens with one attached hydrogen (secondary N) is 4. The average Bonchev–Trinajstić information content (AvgIpc) is 2.72. The first kappa shape index (κ1) is 21.1. The van der Waals surface area contributed by atoms with Gasteiger partial charge in [0.2, 0.25) is 0 Å². The number of carbonyl (C=O) groups excluding carboxylic acids is 1. The second-order valence-electron chi connectivity index (χ2n) is 6.62. The molecule has 0 spiro atoms. The van der Waals surface area contributed by atoms with Gasteiger partial charge in [-0.05, 0) is 30.7 Å². The Morgan fingerprint density at radius 3 is 2.87 bits per heavy atom. The summed E-state index contributed by atoms with van der Waals surface area (Å²) in [7, 11) is 0. The van der Waals surface area contributed by atoms with Crippen LogP contribution in [0.2, 0.25) is 0 Å². The molecule has 3 rings (SSSR count). The Hall–Kier alpha value is -3.57. The summed E-state index contributed by atoms with van der Waals surface area (Å²) in [6.45, 7) is 0.877. The number of aromatic nitrogens is 1. The molecule has 1 aliphatic rings. The van der Waals surface area contributed by atoms with E-state index >= 15 is 0 Å². The molecular formula is C19H23FN8O2. The molecule has 0 bridgehead atoms. The standard InChI is InChI=1S/C19H23FN8O2/c20-14-9-13(17(23)29)18(27-19(14)26-16-4-7-30-10-15(16)22)25-11-2-1-3-12(8-11)28-24-6-5-21/h1-3,5-6,8-9,15-16,21,28H,4,7,10,22H2,(H2,23,29)(H2,25,26,27)/b21-5?,24-6-. The van der Waals surface area contributed by atoms with E-state index in [0.717, 1.165) is 12.3 Å². The molecule has 1 aromatic carbocycles. The largest absolute Gasteiger partial charge is 0.380 e. The Morgan fingerprint density at radius 1 is 1.33 bits per heavy atom. The summed E-state index contributed by atoms with van der Waals surface area (Å²) >= 11 is 0. The highest BCUT2D eigenvalue weighted by molar-refractivity contribution is 6.14. The minimum atomic E-state index is -0.817. The first-order valence-corrected chi connectivity index (χ1v) is 9.23. The van der Waals surface area contributed by atoms with E-state index in [9.17, 15) is 9.18 Å². The zero-order chi connectivity index (χ0) is 21.5. The predicted octanol–water partition coefficient (Wildman–Crippen LogP) is 1.64. The van der Waals surface area contributed by atoms with Crippen LogP contribution in [0.1, 0.15) is 16.8 Å². The van der Waals surface area contributed by atoms with Crippen LogP contribution in [0.25, 0.3) is 0 Å². The van der Waals surface area contributed by atoms with Gasteiger partial charge in [-0.25, -0.2) is 9.37 Å². The molecule has 0 saturated carbocycles. The van der Waals surface area contributed by atoms with Crippen molar-refractivity contribution in [3.05, 3.63) is 41.7 Å². The number of halogens is 1. The lowest BCUT2D eigenvalue weighted by Crippen LogP contribution is -2.47. The van der Waals surface area contributed by atoms with Gasteiger partial charge in [0.05, 0.1) is 24.1 Å². The molecule has 0 aliphatic carbocycles. The third-order valence-corrected chi connectivity index (χ3v) is 4.43. The summed E-state index contributed by atoms with van der Waals surface area (Å²) in [5, 5.41) is 16.8. The summed E-state index contributed by atoms with van der Waals surface area (Å²) in [5.74, 6) is -1.45. The number of pyridine rings is 1. The maximum absolute atomic E-state index is 14.6. The van der Waals surface area contributed by atoms with E-state index in [-0.39, 0.29) is 29.3 Å². The summed E-state index contributed by atoms with van der Waals surface area (Å²) in [6.07, 6.45) is 2.92. The van der Waals surface area contributed by atoms with E-state index in [1.54, 1.807) is 24.3 Å². The van der Waals surface area contributed by atoms with Crippen molar-refractivity contribution in [2.45, 2.75) is 18.5 Å². The van der Waals surface area contributed by atoms with Crippen LogP contribution in [-0.4, -0.2) is 48.6 Å². The summed E-state index contributed by atoms with van der Waals surface area (Å²) in [5.41, 5.74) is 15.3. The number of ether oxygens (including phenoxy) is 1. The number of hydrogen-bond acceptors (Lipinski definition) is 9. The molecule has 1 aliphatic heterocycles. The lowest BCUT2D eigenvalue weighted by Gasteiger charge is -2.30. The molecule has 158 valence electrons. The number of nitrogens with zero attached hydrogens (tertiary/aromatic N) is 2. The first-order chi connectivity index (χ1) is 14.5. The predicted molar refractivity (Wildman–Crippen MR) is 114 cm³/mol. The van der Waals surface area contributed by atoms with Gasteiger partial charge in [0.25, 0.3) is 5.91 Å². The van der Waals surface area contributed by atoms with E-state index < -0.39 is 11.7 Å². The number of hydrazone groups is 1.